The van der Waals surface area contributed by atoms with Crippen molar-refractivity contribution in [1.29, 1.82) is 5.26 Å². The van der Waals surface area contributed by atoms with Crippen LogP contribution >= 0.6 is 0 Å². The van der Waals surface area contributed by atoms with Crippen molar-refractivity contribution >= 4 is 10.9 Å². The number of aromatic nitrogens is 1. The molecular weight excluding hydrogens is 324 g/mol. The summed E-state index contributed by atoms with van der Waals surface area (Å²) in [4.78, 5) is 0. The summed E-state index contributed by atoms with van der Waals surface area (Å²) in [7, 11) is 1.90. The zero-order valence-corrected chi connectivity index (χ0v) is 13.3. The maximum atomic E-state index is 13.7. The minimum absolute atomic E-state index is 0.0546. The molecule has 25 heavy (non-hydrogen) atoms. The van der Waals surface area contributed by atoms with E-state index < -0.39 is 17.6 Å². The van der Waals surface area contributed by atoms with Gasteiger partial charge < -0.3 is 15.0 Å². The monoisotopic (exact) mass is 337 g/mol. The molecular formula is C19H13F2N3O. The Morgan fingerprint density at radius 1 is 1.16 bits per heavy atom. The summed E-state index contributed by atoms with van der Waals surface area (Å²) in [5.41, 5.74) is 7.97. The van der Waals surface area contributed by atoms with E-state index >= 15 is 0 Å². The van der Waals surface area contributed by atoms with Crippen molar-refractivity contribution in [3.63, 3.8) is 0 Å². The molecule has 124 valence electrons. The van der Waals surface area contributed by atoms with E-state index in [-0.39, 0.29) is 11.5 Å². The van der Waals surface area contributed by atoms with Gasteiger partial charge in [-0.15, -0.1) is 0 Å². The Hall–Kier alpha value is -3.33. The lowest BCUT2D eigenvalue weighted by molar-refractivity contribution is 0.398. The van der Waals surface area contributed by atoms with Gasteiger partial charge in [-0.2, -0.15) is 5.26 Å². The van der Waals surface area contributed by atoms with Gasteiger partial charge in [-0.1, -0.05) is 6.07 Å². The quantitative estimate of drug-likeness (QED) is 0.737. The smallest absolute Gasteiger partial charge is 0.205 e. The lowest BCUT2D eigenvalue weighted by atomic mass is 9.83. The Morgan fingerprint density at radius 2 is 1.88 bits per heavy atom. The normalized spacial score (nSPS) is 16.5. The average molecular weight is 337 g/mol. The van der Waals surface area contributed by atoms with Gasteiger partial charge >= 0.3 is 0 Å². The molecule has 3 aromatic rings. The number of fused-ring (bicyclic) bond motifs is 3. The molecule has 0 bridgehead atoms. The lowest BCUT2D eigenvalue weighted by Crippen LogP contribution is -2.21. The van der Waals surface area contributed by atoms with E-state index in [0.29, 0.717) is 16.9 Å². The predicted octanol–water partition coefficient (Wildman–Crippen LogP) is 3.67. The molecule has 1 aromatic heterocycles. The highest BCUT2D eigenvalue weighted by atomic mass is 19.1. The van der Waals surface area contributed by atoms with E-state index in [4.69, 9.17) is 10.5 Å². The molecule has 1 aliphatic heterocycles. The summed E-state index contributed by atoms with van der Waals surface area (Å²) in [6.45, 7) is 0. The fraction of sp³-hybridized carbons (Fsp3) is 0.105. The molecule has 1 atom stereocenters. The van der Waals surface area contributed by atoms with E-state index in [1.807, 2.05) is 36.0 Å². The van der Waals surface area contributed by atoms with E-state index in [1.54, 1.807) is 6.07 Å². The first-order valence-corrected chi connectivity index (χ1v) is 7.61. The van der Waals surface area contributed by atoms with Crippen LogP contribution in [-0.2, 0) is 7.05 Å². The molecule has 1 unspecified atom stereocenters. The topological polar surface area (TPSA) is 64.0 Å². The molecule has 4 rings (SSSR count). The minimum Gasteiger partial charge on any atom is -0.439 e. The Morgan fingerprint density at radius 3 is 2.56 bits per heavy atom. The zero-order chi connectivity index (χ0) is 17.7. The molecule has 0 amide bonds. The van der Waals surface area contributed by atoms with Gasteiger partial charge in [-0.3, -0.25) is 0 Å². The van der Waals surface area contributed by atoms with Crippen molar-refractivity contribution < 1.29 is 13.5 Å². The highest BCUT2D eigenvalue weighted by Gasteiger charge is 2.32. The standard InChI is InChI=1S/C19H13F2N3O/c1-24-5-4-13-16(24)3-2-14-17(10-6-11(20)8-12(21)7-10)15(9-22)19(23)25-18(13)14/h2-8,17H,23H2,1H3. The van der Waals surface area contributed by atoms with E-state index in [0.717, 1.165) is 17.0 Å². The predicted molar refractivity (Wildman–Crippen MR) is 88.6 cm³/mol. The molecule has 4 nitrogen and oxygen atoms in total. The van der Waals surface area contributed by atoms with E-state index in [2.05, 4.69) is 0 Å². The summed E-state index contributed by atoms with van der Waals surface area (Å²) in [6.07, 6.45) is 1.88. The SMILES string of the molecule is Cn1ccc2c3c(ccc21)C(c1cc(F)cc(F)c1)C(C#N)=C(N)O3. The van der Waals surface area contributed by atoms with Gasteiger partial charge in [0.1, 0.15) is 29.0 Å². The van der Waals surface area contributed by atoms with Crippen LogP contribution in [0.15, 0.2) is 54.1 Å². The van der Waals surface area contributed by atoms with Crippen LogP contribution in [0.3, 0.4) is 0 Å². The van der Waals surface area contributed by atoms with Gasteiger partial charge in [0.25, 0.3) is 0 Å². The number of aryl methyl sites for hydroxylation is 1. The van der Waals surface area contributed by atoms with Gasteiger partial charge in [0.15, 0.2) is 0 Å². The van der Waals surface area contributed by atoms with Crippen LogP contribution in [0.2, 0.25) is 0 Å². The number of nitriles is 1. The van der Waals surface area contributed by atoms with Crippen molar-refractivity contribution in [3.05, 3.63) is 76.8 Å². The third-order valence-electron chi connectivity index (χ3n) is 4.46. The van der Waals surface area contributed by atoms with Crippen LogP contribution in [0, 0.1) is 23.0 Å². The second-order valence-electron chi connectivity index (χ2n) is 5.97. The number of ether oxygens (including phenoxy) is 1. The largest absolute Gasteiger partial charge is 0.439 e. The number of hydrogen-bond donors (Lipinski definition) is 1. The molecule has 6 heteroatoms. The summed E-state index contributed by atoms with van der Waals surface area (Å²) >= 11 is 0. The summed E-state index contributed by atoms with van der Waals surface area (Å²) in [6, 6.07) is 10.8. The van der Waals surface area contributed by atoms with Crippen LogP contribution in [-0.4, -0.2) is 4.57 Å². The fourth-order valence-electron chi connectivity index (χ4n) is 3.35. The molecule has 0 aliphatic carbocycles. The first kappa shape index (κ1) is 15.2. The van der Waals surface area contributed by atoms with Crippen molar-refractivity contribution in [2.45, 2.75) is 5.92 Å². The van der Waals surface area contributed by atoms with Gasteiger partial charge in [0.2, 0.25) is 5.88 Å². The number of halogens is 2. The summed E-state index contributed by atoms with van der Waals surface area (Å²) in [5.74, 6) is -1.66. The zero-order valence-electron chi connectivity index (χ0n) is 13.3. The molecule has 0 saturated carbocycles. The number of allylic oxidation sites excluding steroid dienone is 1. The van der Waals surface area contributed by atoms with Gasteiger partial charge in [-0.25, -0.2) is 8.78 Å². The van der Waals surface area contributed by atoms with Gasteiger partial charge in [0.05, 0.1) is 11.4 Å². The molecule has 2 heterocycles. The number of nitrogens with two attached hydrogens (primary N) is 1. The highest BCUT2D eigenvalue weighted by molar-refractivity contribution is 5.89. The second kappa shape index (κ2) is 5.35. The first-order chi connectivity index (χ1) is 12.0. The number of benzene rings is 2. The van der Waals surface area contributed by atoms with Gasteiger partial charge in [0, 0.05) is 30.3 Å². The summed E-state index contributed by atoms with van der Waals surface area (Å²) in [5, 5.41) is 10.3. The van der Waals surface area contributed by atoms with Crippen molar-refractivity contribution in [3.8, 4) is 11.8 Å². The number of rotatable bonds is 1. The molecule has 2 N–H and O–H groups in total. The van der Waals surface area contributed by atoms with Crippen molar-refractivity contribution in [1.82, 2.24) is 4.57 Å². The highest BCUT2D eigenvalue weighted by Crippen LogP contribution is 2.45. The van der Waals surface area contributed by atoms with Crippen LogP contribution in [0.1, 0.15) is 17.0 Å². The van der Waals surface area contributed by atoms with Crippen LogP contribution in [0.4, 0.5) is 8.78 Å². The van der Waals surface area contributed by atoms with Crippen LogP contribution in [0.5, 0.6) is 5.75 Å². The maximum Gasteiger partial charge on any atom is 0.205 e. The van der Waals surface area contributed by atoms with E-state index in [1.165, 1.54) is 12.1 Å². The molecule has 0 radical (unpaired) electrons. The van der Waals surface area contributed by atoms with Crippen molar-refractivity contribution in [2.75, 3.05) is 0 Å². The third-order valence-corrected chi connectivity index (χ3v) is 4.46. The summed E-state index contributed by atoms with van der Waals surface area (Å²) < 4.78 is 35.1. The fourth-order valence-corrected chi connectivity index (χ4v) is 3.35. The molecule has 2 aromatic carbocycles. The number of hydrogen-bond acceptors (Lipinski definition) is 3. The third kappa shape index (κ3) is 2.24. The number of nitrogens with zero attached hydrogens (tertiary/aromatic N) is 2. The Balaban J connectivity index is 2.03. The average Bonchev–Trinajstić information content (AvgIpc) is 2.94. The molecule has 0 saturated heterocycles. The minimum atomic E-state index is -0.709. The second-order valence-corrected chi connectivity index (χ2v) is 5.97. The first-order valence-electron chi connectivity index (χ1n) is 7.61. The Labute approximate surface area is 142 Å². The maximum absolute atomic E-state index is 13.7. The lowest BCUT2D eigenvalue weighted by Gasteiger charge is -2.27. The van der Waals surface area contributed by atoms with Crippen LogP contribution < -0.4 is 10.5 Å². The molecule has 1 aliphatic rings. The van der Waals surface area contributed by atoms with E-state index in [9.17, 15) is 14.0 Å². The molecule has 0 spiro atoms. The molecule has 0 fully saturated rings. The Kier molecular flexibility index (Phi) is 3.25. The van der Waals surface area contributed by atoms with Crippen molar-refractivity contribution in [2.24, 2.45) is 12.8 Å². The Bertz CT molecular complexity index is 1070. The van der Waals surface area contributed by atoms with Crippen LogP contribution in [0.25, 0.3) is 10.9 Å². The van der Waals surface area contributed by atoms with Gasteiger partial charge in [-0.05, 0) is 29.8 Å².